The third kappa shape index (κ3) is 0.873. The zero-order valence-electron chi connectivity index (χ0n) is 5.86. The molecule has 0 bridgehead atoms. The second kappa shape index (κ2) is 1.73. The first-order chi connectivity index (χ1) is 3.63. The third-order valence-electron chi connectivity index (χ3n) is 1.99. The van der Waals surface area contributed by atoms with Crippen LogP contribution in [0.1, 0.15) is 26.7 Å². The van der Waals surface area contributed by atoms with Crippen molar-refractivity contribution in [1.82, 2.24) is 4.90 Å². The van der Waals surface area contributed by atoms with Crippen LogP contribution in [0.15, 0.2) is 0 Å². The average Bonchev–Trinajstić information content (AvgIpc) is 1.86. The van der Waals surface area contributed by atoms with Gasteiger partial charge in [0.1, 0.15) is 0 Å². The van der Waals surface area contributed by atoms with Crippen LogP contribution < -0.4 is 0 Å². The van der Waals surface area contributed by atoms with Crippen molar-refractivity contribution in [2.45, 2.75) is 32.2 Å². The summed E-state index contributed by atoms with van der Waals surface area (Å²) in [5.41, 5.74) is 0.375. The minimum Gasteiger partial charge on any atom is -0.292 e. The standard InChI is InChI=1S/C7H13N/c1-7(2)5-4-6-8(7)3/h4-5H2,1-3H3. The normalized spacial score (nSPS) is 28.9. The molecule has 1 rings (SSSR count). The van der Waals surface area contributed by atoms with Crippen LogP contribution in [-0.4, -0.2) is 17.5 Å². The average molecular weight is 111 g/mol. The predicted octanol–water partition coefficient (Wildman–Crippen LogP) is 1.53. The van der Waals surface area contributed by atoms with Gasteiger partial charge in [0.15, 0.2) is 0 Å². The van der Waals surface area contributed by atoms with Gasteiger partial charge in [0.2, 0.25) is 0 Å². The molecule has 0 saturated carbocycles. The van der Waals surface area contributed by atoms with Crippen molar-refractivity contribution in [3.63, 3.8) is 0 Å². The molecule has 0 aromatic heterocycles. The smallest absolute Gasteiger partial charge is 0.0618 e. The fourth-order valence-electron chi connectivity index (χ4n) is 0.911. The molecule has 1 heterocycles. The Balaban J connectivity index is 2.54. The Bertz CT molecular complexity index is 86.4. The molecule has 2 radical (unpaired) electrons. The molecule has 46 valence electrons. The molecule has 1 saturated heterocycles. The highest BCUT2D eigenvalue weighted by atomic mass is 15.2. The van der Waals surface area contributed by atoms with E-state index in [1.807, 2.05) is 0 Å². The van der Waals surface area contributed by atoms with Crippen LogP contribution in [0, 0.1) is 6.54 Å². The molecular formula is C7H13N. The van der Waals surface area contributed by atoms with Gasteiger partial charge in [-0.25, -0.2) is 0 Å². The van der Waals surface area contributed by atoms with Crippen LogP contribution in [0.5, 0.6) is 0 Å². The van der Waals surface area contributed by atoms with Gasteiger partial charge < -0.3 is 0 Å². The first kappa shape index (κ1) is 6.09. The summed E-state index contributed by atoms with van der Waals surface area (Å²) >= 11 is 0. The lowest BCUT2D eigenvalue weighted by molar-refractivity contribution is 0.245. The minimum atomic E-state index is 0.375. The summed E-state index contributed by atoms with van der Waals surface area (Å²) in [6.07, 6.45) is 2.38. The second-order valence-corrected chi connectivity index (χ2v) is 3.03. The van der Waals surface area contributed by atoms with Gasteiger partial charge in [0.25, 0.3) is 0 Å². The summed E-state index contributed by atoms with van der Waals surface area (Å²) in [7, 11) is 2.09. The summed E-state index contributed by atoms with van der Waals surface area (Å²) in [6.45, 7) is 7.73. The number of rotatable bonds is 0. The molecule has 0 amide bonds. The van der Waals surface area contributed by atoms with Gasteiger partial charge in [-0.05, 0) is 33.7 Å². The van der Waals surface area contributed by atoms with E-state index in [9.17, 15) is 0 Å². The van der Waals surface area contributed by atoms with Crippen molar-refractivity contribution in [3.8, 4) is 0 Å². The third-order valence-corrected chi connectivity index (χ3v) is 1.99. The lowest BCUT2D eigenvalue weighted by atomic mass is 10.0. The van der Waals surface area contributed by atoms with Crippen molar-refractivity contribution in [2.75, 3.05) is 7.05 Å². The minimum absolute atomic E-state index is 0.375. The Hall–Kier alpha value is -0.0400. The van der Waals surface area contributed by atoms with E-state index in [0.29, 0.717) is 5.54 Å². The van der Waals surface area contributed by atoms with Gasteiger partial charge >= 0.3 is 0 Å². The van der Waals surface area contributed by atoms with Crippen LogP contribution in [0.25, 0.3) is 0 Å². The fourth-order valence-corrected chi connectivity index (χ4v) is 0.911. The zero-order chi connectivity index (χ0) is 6.20. The molecule has 0 atom stereocenters. The first-order valence-corrected chi connectivity index (χ1v) is 3.10. The maximum atomic E-state index is 3.24. The molecular weight excluding hydrogens is 98.1 g/mol. The molecule has 0 unspecified atom stereocenters. The van der Waals surface area contributed by atoms with E-state index < -0.39 is 0 Å². The maximum Gasteiger partial charge on any atom is 0.0618 e. The highest BCUT2D eigenvalue weighted by Gasteiger charge is 2.28. The fraction of sp³-hybridized carbons (Fsp3) is 0.857. The van der Waals surface area contributed by atoms with E-state index >= 15 is 0 Å². The summed E-state index contributed by atoms with van der Waals surface area (Å²) in [5, 5.41) is 0. The monoisotopic (exact) mass is 111 g/mol. The summed E-state index contributed by atoms with van der Waals surface area (Å²) in [4.78, 5) is 2.17. The SMILES string of the molecule is CN1[C]CCC1(C)C. The quantitative estimate of drug-likeness (QED) is 0.458. The molecule has 1 aliphatic rings. The highest BCUT2D eigenvalue weighted by Crippen LogP contribution is 2.28. The number of nitrogens with zero attached hydrogens (tertiary/aromatic N) is 1. The lowest BCUT2D eigenvalue weighted by Crippen LogP contribution is -2.32. The van der Waals surface area contributed by atoms with E-state index in [-0.39, 0.29) is 0 Å². The van der Waals surface area contributed by atoms with E-state index in [4.69, 9.17) is 0 Å². The van der Waals surface area contributed by atoms with Crippen LogP contribution >= 0.6 is 0 Å². The first-order valence-electron chi connectivity index (χ1n) is 3.10. The molecule has 1 heteroatoms. The van der Waals surface area contributed by atoms with E-state index in [1.165, 1.54) is 6.42 Å². The molecule has 0 aliphatic carbocycles. The molecule has 1 fully saturated rings. The van der Waals surface area contributed by atoms with Crippen molar-refractivity contribution < 1.29 is 0 Å². The molecule has 1 nitrogen and oxygen atoms in total. The van der Waals surface area contributed by atoms with Gasteiger partial charge in [-0.15, -0.1) is 0 Å². The Morgan fingerprint density at radius 2 is 2.12 bits per heavy atom. The Kier molecular flexibility index (Phi) is 1.31. The maximum absolute atomic E-state index is 3.24. The Morgan fingerprint density at radius 1 is 1.50 bits per heavy atom. The summed E-state index contributed by atoms with van der Waals surface area (Å²) in [6, 6.07) is 0. The van der Waals surface area contributed by atoms with Crippen molar-refractivity contribution >= 4 is 0 Å². The van der Waals surface area contributed by atoms with Gasteiger partial charge in [0.05, 0.1) is 6.54 Å². The van der Waals surface area contributed by atoms with Crippen LogP contribution in [0.4, 0.5) is 0 Å². The highest BCUT2D eigenvalue weighted by molar-refractivity contribution is 4.91. The van der Waals surface area contributed by atoms with Gasteiger partial charge in [0, 0.05) is 5.54 Å². The molecule has 0 aromatic carbocycles. The van der Waals surface area contributed by atoms with E-state index in [0.717, 1.165) is 6.42 Å². The molecule has 0 N–H and O–H groups in total. The van der Waals surface area contributed by atoms with Crippen molar-refractivity contribution in [2.24, 2.45) is 0 Å². The van der Waals surface area contributed by atoms with E-state index in [1.54, 1.807) is 0 Å². The summed E-state index contributed by atoms with van der Waals surface area (Å²) in [5.74, 6) is 0. The Morgan fingerprint density at radius 3 is 2.25 bits per heavy atom. The molecule has 1 aliphatic heterocycles. The van der Waals surface area contributed by atoms with Crippen LogP contribution in [0.2, 0.25) is 0 Å². The van der Waals surface area contributed by atoms with Crippen molar-refractivity contribution in [3.05, 3.63) is 6.54 Å². The van der Waals surface area contributed by atoms with Gasteiger partial charge in [-0.2, -0.15) is 0 Å². The van der Waals surface area contributed by atoms with Gasteiger partial charge in [-0.3, -0.25) is 4.90 Å². The summed E-state index contributed by atoms with van der Waals surface area (Å²) < 4.78 is 0. The molecule has 0 aromatic rings. The van der Waals surface area contributed by atoms with Crippen LogP contribution in [0.3, 0.4) is 0 Å². The number of likely N-dealkylation sites (tertiary alicyclic amines) is 1. The number of hydrogen-bond acceptors (Lipinski definition) is 1. The molecule has 8 heavy (non-hydrogen) atoms. The second-order valence-electron chi connectivity index (χ2n) is 3.03. The largest absolute Gasteiger partial charge is 0.292 e. The predicted molar refractivity (Wildman–Crippen MR) is 34.3 cm³/mol. The van der Waals surface area contributed by atoms with Crippen molar-refractivity contribution in [1.29, 1.82) is 0 Å². The van der Waals surface area contributed by atoms with Crippen LogP contribution in [-0.2, 0) is 0 Å². The van der Waals surface area contributed by atoms with E-state index in [2.05, 4.69) is 32.3 Å². The Labute approximate surface area is 51.7 Å². The molecule has 0 spiro atoms. The van der Waals surface area contributed by atoms with Gasteiger partial charge in [-0.1, -0.05) is 0 Å². The topological polar surface area (TPSA) is 3.24 Å². The lowest BCUT2D eigenvalue weighted by Gasteiger charge is -2.26. The zero-order valence-corrected chi connectivity index (χ0v) is 5.86. The number of hydrogen-bond donors (Lipinski definition) is 0.